The van der Waals surface area contributed by atoms with Gasteiger partial charge in [0.15, 0.2) is 0 Å². The number of rotatable bonds is 3. The molecule has 0 radical (unpaired) electrons. The summed E-state index contributed by atoms with van der Waals surface area (Å²) in [4.78, 5) is 0. The van der Waals surface area contributed by atoms with Crippen molar-refractivity contribution in [2.75, 3.05) is 7.11 Å². The molecule has 5 aliphatic carbocycles. The summed E-state index contributed by atoms with van der Waals surface area (Å²) in [7, 11) is 1.98. The number of hydrogen-bond donors (Lipinski definition) is 1. The van der Waals surface area contributed by atoms with Crippen molar-refractivity contribution in [3.05, 3.63) is 0 Å². The fourth-order valence-corrected chi connectivity index (χ4v) is 9.98. The van der Waals surface area contributed by atoms with Crippen molar-refractivity contribution >= 4 is 0 Å². The van der Waals surface area contributed by atoms with Crippen LogP contribution in [0.25, 0.3) is 0 Å². The molecule has 0 saturated heterocycles. The average molecular weight is 385 g/mol. The summed E-state index contributed by atoms with van der Waals surface area (Å²) in [5.41, 5.74) is 1.41. The Morgan fingerprint density at radius 1 is 1.07 bits per heavy atom. The van der Waals surface area contributed by atoms with Crippen LogP contribution >= 0.6 is 0 Å². The van der Waals surface area contributed by atoms with E-state index >= 15 is 0 Å². The topological polar surface area (TPSA) is 29.5 Å². The number of methoxy groups -OCH3 is 1. The van der Waals surface area contributed by atoms with Gasteiger partial charge >= 0.3 is 0 Å². The first-order valence-electron chi connectivity index (χ1n) is 12.0. The van der Waals surface area contributed by atoms with Crippen LogP contribution in [0.5, 0.6) is 0 Å². The van der Waals surface area contributed by atoms with E-state index in [-0.39, 0.29) is 5.92 Å². The number of ether oxygens (including phenoxy) is 1. The second-order valence-corrected chi connectivity index (χ2v) is 11.7. The highest BCUT2D eigenvalue weighted by molar-refractivity contribution is 5.26. The molecule has 0 heterocycles. The van der Waals surface area contributed by atoms with E-state index in [1.165, 1.54) is 51.4 Å². The Bertz CT molecular complexity index is 705. The summed E-state index contributed by atoms with van der Waals surface area (Å²) < 4.78 is 6.23. The summed E-state index contributed by atoms with van der Waals surface area (Å²) in [5, 5.41) is 10.6. The van der Waals surface area contributed by atoms with Crippen molar-refractivity contribution in [1.29, 1.82) is 0 Å². The van der Waals surface area contributed by atoms with Gasteiger partial charge in [0.1, 0.15) is 6.10 Å². The number of aliphatic hydroxyl groups is 1. The molecule has 1 N–H and O–H groups in total. The molecular formula is C26H40O2. The Labute approximate surface area is 172 Å². The van der Waals surface area contributed by atoms with E-state index < -0.39 is 6.10 Å². The van der Waals surface area contributed by atoms with Crippen LogP contribution < -0.4 is 0 Å². The van der Waals surface area contributed by atoms with Crippen molar-refractivity contribution in [1.82, 2.24) is 0 Å². The molecule has 0 aromatic carbocycles. The summed E-state index contributed by atoms with van der Waals surface area (Å²) >= 11 is 0. The second-order valence-electron chi connectivity index (χ2n) is 11.7. The Hall–Kier alpha value is -0.520. The van der Waals surface area contributed by atoms with Crippen LogP contribution in [0.15, 0.2) is 0 Å². The lowest BCUT2D eigenvalue weighted by molar-refractivity contribution is -0.162. The molecule has 28 heavy (non-hydrogen) atoms. The monoisotopic (exact) mass is 384 g/mol. The molecule has 0 aromatic rings. The van der Waals surface area contributed by atoms with Gasteiger partial charge in [-0.05, 0) is 105 Å². The van der Waals surface area contributed by atoms with Crippen molar-refractivity contribution < 1.29 is 9.84 Å². The van der Waals surface area contributed by atoms with Crippen molar-refractivity contribution in [2.24, 2.45) is 51.8 Å². The minimum Gasteiger partial charge on any atom is -0.381 e. The molecule has 11 atom stereocenters. The molecule has 0 aromatic heterocycles. The van der Waals surface area contributed by atoms with E-state index in [2.05, 4.69) is 32.6 Å². The Morgan fingerprint density at radius 2 is 1.86 bits per heavy atom. The highest BCUT2D eigenvalue weighted by atomic mass is 16.5. The van der Waals surface area contributed by atoms with Gasteiger partial charge in [-0.3, -0.25) is 0 Å². The first kappa shape index (κ1) is 19.4. The van der Waals surface area contributed by atoms with Gasteiger partial charge < -0.3 is 9.84 Å². The first-order valence-corrected chi connectivity index (χ1v) is 12.0. The van der Waals surface area contributed by atoms with Gasteiger partial charge in [-0.2, -0.15) is 0 Å². The normalized spacial score (nSPS) is 55.8. The molecule has 156 valence electrons. The molecule has 0 amide bonds. The van der Waals surface area contributed by atoms with E-state index in [0.29, 0.717) is 28.3 Å². The third-order valence-corrected chi connectivity index (χ3v) is 11.3. The minimum atomic E-state index is -0.468. The SMILES string of the molecule is CC#C[C@H](O)[C@@H](C)[C@H]1CC[C@H]2[C@@H]3C[C@@H](OC)[C@]45C[C@H]4CC[C@]5(C)[C@H]3CC[C@]12C. The van der Waals surface area contributed by atoms with E-state index in [0.717, 1.165) is 23.7 Å². The van der Waals surface area contributed by atoms with Crippen LogP contribution in [0.3, 0.4) is 0 Å². The van der Waals surface area contributed by atoms with E-state index in [1.54, 1.807) is 0 Å². The zero-order chi connectivity index (χ0) is 19.9. The maximum atomic E-state index is 10.6. The third kappa shape index (κ3) is 2.19. The van der Waals surface area contributed by atoms with E-state index in [4.69, 9.17) is 4.74 Å². The largest absolute Gasteiger partial charge is 0.381 e. The maximum absolute atomic E-state index is 10.6. The van der Waals surface area contributed by atoms with Crippen LogP contribution in [0.1, 0.15) is 79.1 Å². The fraction of sp³-hybridized carbons (Fsp3) is 0.923. The average Bonchev–Trinajstić information content (AvgIpc) is 3.18. The van der Waals surface area contributed by atoms with Gasteiger partial charge in [0, 0.05) is 12.5 Å². The van der Waals surface area contributed by atoms with Gasteiger partial charge in [0.2, 0.25) is 0 Å². The number of fused-ring (bicyclic) bond motifs is 4. The summed E-state index contributed by atoms with van der Waals surface area (Å²) in [6.45, 7) is 9.31. The highest BCUT2D eigenvalue weighted by Gasteiger charge is 2.77. The van der Waals surface area contributed by atoms with E-state index in [1.807, 2.05) is 14.0 Å². The molecule has 0 aliphatic heterocycles. The molecule has 5 aliphatic rings. The minimum absolute atomic E-state index is 0.280. The van der Waals surface area contributed by atoms with Gasteiger partial charge in [0.05, 0.1) is 6.10 Å². The molecule has 0 unspecified atom stereocenters. The Balaban J connectivity index is 1.45. The van der Waals surface area contributed by atoms with Crippen molar-refractivity contribution in [3.8, 4) is 11.8 Å². The number of aliphatic hydroxyl groups excluding tert-OH is 1. The second kappa shape index (κ2) is 6.24. The summed E-state index contributed by atoms with van der Waals surface area (Å²) in [6, 6.07) is 0. The lowest BCUT2D eigenvalue weighted by Gasteiger charge is -2.61. The standard InChI is InChI=1S/C26H40O2/c1-6-7-22(27)16(2)19-8-9-20-18-14-23(28-5)26-15-17(26)10-13-25(26,4)21(18)11-12-24(19,20)3/h16-23,27H,8-15H2,1-5H3/t16-,17+,18-,19+,20-,21-,22-,23+,24+,25+,26-/m0/s1. The third-order valence-electron chi connectivity index (χ3n) is 11.3. The molecule has 5 fully saturated rings. The van der Waals surface area contributed by atoms with Crippen LogP contribution in [-0.2, 0) is 4.74 Å². The van der Waals surface area contributed by atoms with Gasteiger partial charge in [0.25, 0.3) is 0 Å². The zero-order valence-corrected chi connectivity index (χ0v) is 18.6. The first-order chi connectivity index (χ1) is 13.3. The molecule has 5 saturated carbocycles. The lowest BCUT2D eigenvalue weighted by atomic mass is 9.45. The quantitative estimate of drug-likeness (QED) is 0.670. The molecule has 2 nitrogen and oxygen atoms in total. The number of hydrogen-bond acceptors (Lipinski definition) is 2. The summed E-state index contributed by atoms with van der Waals surface area (Å²) in [6.07, 6.45) is 11.0. The fourth-order valence-electron chi connectivity index (χ4n) is 9.98. The van der Waals surface area contributed by atoms with Crippen LogP contribution in [0.4, 0.5) is 0 Å². The van der Waals surface area contributed by atoms with Gasteiger partial charge in [-0.15, -0.1) is 5.92 Å². The predicted molar refractivity (Wildman–Crippen MR) is 112 cm³/mol. The van der Waals surface area contributed by atoms with Crippen LogP contribution in [0, 0.1) is 63.6 Å². The molecule has 0 bridgehead atoms. The highest BCUT2D eigenvalue weighted by Crippen LogP contribution is 2.82. The van der Waals surface area contributed by atoms with Gasteiger partial charge in [-0.25, -0.2) is 0 Å². The van der Waals surface area contributed by atoms with Crippen molar-refractivity contribution in [2.45, 2.75) is 91.3 Å². The van der Waals surface area contributed by atoms with Gasteiger partial charge in [-0.1, -0.05) is 26.7 Å². The summed E-state index contributed by atoms with van der Waals surface area (Å²) in [5.74, 6) is 10.4. The van der Waals surface area contributed by atoms with Crippen LogP contribution in [-0.4, -0.2) is 24.4 Å². The maximum Gasteiger partial charge on any atom is 0.117 e. The van der Waals surface area contributed by atoms with E-state index in [9.17, 15) is 5.11 Å². The molecule has 5 rings (SSSR count). The smallest absolute Gasteiger partial charge is 0.117 e. The molecule has 2 heteroatoms. The van der Waals surface area contributed by atoms with Crippen molar-refractivity contribution in [3.63, 3.8) is 0 Å². The molecular weight excluding hydrogens is 344 g/mol. The Kier molecular flexibility index (Phi) is 4.33. The zero-order valence-electron chi connectivity index (χ0n) is 18.6. The Morgan fingerprint density at radius 3 is 2.54 bits per heavy atom. The predicted octanol–water partition coefficient (Wildman–Crippen LogP) is 5.29. The van der Waals surface area contributed by atoms with Crippen LogP contribution in [0.2, 0.25) is 0 Å². The molecule has 1 spiro atoms. The lowest BCUT2D eigenvalue weighted by Crippen LogP contribution is -2.57.